The molecule has 1 aromatic carbocycles. The molecule has 1 N–H and O–H groups in total. The number of nitrogens with zero attached hydrogens (tertiary/aromatic N) is 5. The maximum atomic E-state index is 11.6. The molecule has 112 valence electrons. The second-order valence-corrected chi connectivity index (χ2v) is 4.48. The minimum absolute atomic E-state index is 0.0640. The molecule has 0 fully saturated rings. The van der Waals surface area contributed by atoms with Crippen LogP contribution in [0.1, 0.15) is 5.69 Å². The summed E-state index contributed by atoms with van der Waals surface area (Å²) in [7, 11) is 0. The molecule has 0 bridgehead atoms. The Morgan fingerprint density at radius 2 is 1.95 bits per heavy atom. The topological polar surface area (TPSA) is 116 Å². The Morgan fingerprint density at radius 3 is 2.64 bits per heavy atom. The fourth-order valence-electron chi connectivity index (χ4n) is 1.88. The predicted octanol–water partition coefficient (Wildman–Crippen LogP) is 0.477. The second kappa shape index (κ2) is 5.28. The van der Waals surface area contributed by atoms with Crippen LogP contribution in [0.3, 0.4) is 0 Å². The minimum Gasteiger partial charge on any atom is -0.480 e. The lowest BCUT2D eigenvalue weighted by atomic mass is 10.3. The first-order valence-corrected chi connectivity index (χ1v) is 6.34. The lowest BCUT2D eigenvalue weighted by Gasteiger charge is -1.96. The van der Waals surface area contributed by atoms with Crippen LogP contribution >= 0.6 is 0 Å². The number of aliphatic carboxylic acids is 1. The van der Waals surface area contributed by atoms with E-state index in [2.05, 4.69) is 15.3 Å². The summed E-state index contributed by atoms with van der Waals surface area (Å²) in [5.41, 5.74) is 1.53. The van der Waals surface area contributed by atoms with Crippen molar-refractivity contribution in [3.8, 4) is 17.3 Å². The zero-order valence-corrected chi connectivity index (χ0v) is 11.5. The van der Waals surface area contributed by atoms with E-state index in [0.29, 0.717) is 5.69 Å². The molecule has 0 saturated carbocycles. The van der Waals surface area contributed by atoms with E-state index in [1.54, 1.807) is 6.92 Å². The van der Waals surface area contributed by atoms with Gasteiger partial charge in [-0.25, -0.2) is 4.79 Å². The van der Waals surface area contributed by atoms with E-state index in [1.165, 1.54) is 4.80 Å². The standard InChI is InChI=1S/C13H11N5O4/c1-8-11(12-16-17(7-10(19)20)13(21)22-12)15-18(14-8)9-5-3-2-4-6-9/h2-6H,7H2,1H3,(H,19,20). The van der Waals surface area contributed by atoms with Gasteiger partial charge in [-0.2, -0.15) is 14.6 Å². The highest BCUT2D eigenvalue weighted by atomic mass is 16.4. The third-order valence-corrected chi connectivity index (χ3v) is 2.86. The molecule has 0 aliphatic rings. The molecule has 3 aromatic rings. The number of rotatable bonds is 4. The van der Waals surface area contributed by atoms with Gasteiger partial charge >= 0.3 is 11.7 Å². The highest BCUT2D eigenvalue weighted by Gasteiger charge is 2.19. The number of carboxylic acid groups (broad SMARTS) is 1. The molecule has 9 nitrogen and oxygen atoms in total. The Kier molecular flexibility index (Phi) is 3.30. The Balaban J connectivity index is 2.01. The van der Waals surface area contributed by atoms with Gasteiger partial charge in [0.05, 0.1) is 11.4 Å². The number of carbonyl (C=O) groups is 1. The van der Waals surface area contributed by atoms with Gasteiger partial charge in [-0.15, -0.1) is 10.2 Å². The van der Waals surface area contributed by atoms with Crippen LogP contribution in [0, 0.1) is 6.92 Å². The molecule has 2 aromatic heterocycles. The molecule has 3 rings (SSSR count). The molecule has 0 amide bonds. The lowest BCUT2D eigenvalue weighted by Crippen LogP contribution is -2.20. The van der Waals surface area contributed by atoms with Crippen LogP contribution in [0.2, 0.25) is 0 Å². The van der Waals surface area contributed by atoms with Crippen LogP contribution in [-0.2, 0) is 11.3 Å². The van der Waals surface area contributed by atoms with Gasteiger partial charge in [-0.3, -0.25) is 4.79 Å². The minimum atomic E-state index is -1.19. The van der Waals surface area contributed by atoms with E-state index in [9.17, 15) is 9.59 Å². The van der Waals surface area contributed by atoms with Crippen molar-refractivity contribution in [1.29, 1.82) is 0 Å². The van der Waals surface area contributed by atoms with E-state index in [1.807, 2.05) is 30.3 Å². The fraction of sp³-hybridized carbons (Fsp3) is 0.154. The molecule has 0 saturated heterocycles. The van der Waals surface area contributed by atoms with E-state index >= 15 is 0 Å². The number of benzene rings is 1. The first kappa shape index (κ1) is 13.7. The number of hydrogen-bond donors (Lipinski definition) is 1. The largest absolute Gasteiger partial charge is 0.480 e. The molecule has 22 heavy (non-hydrogen) atoms. The zero-order chi connectivity index (χ0) is 15.7. The summed E-state index contributed by atoms with van der Waals surface area (Å²) in [5.74, 6) is -2.11. The summed E-state index contributed by atoms with van der Waals surface area (Å²) in [4.78, 5) is 23.6. The zero-order valence-electron chi connectivity index (χ0n) is 11.5. The maximum absolute atomic E-state index is 11.6. The van der Waals surface area contributed by atoms with Gasteiger partial charge < -0.3 is 9.52 Å². The van der Waals surface area contributed by atoms with Gasteiger partial charge in [0, 0.05) is 0 Å². The summed E-state index contributed by atoms with van der Waals surface area (Å²) >= 11 is 0. The van der Waals surface area contributed by atoms with Gasteiger partial charge in [-0.05, 0) is 19.1 Å². The van der Waals surface area contributed by atoms with Crippen molar-refractivity contribution in [1.82, 2.24) is 24.8 Å². The molecule has 0 atom stereocenters. The van der Waals surface area contributed by atoms with Crippen LogP contribution in [-0.4, -0.2) is 35.9 Å². The predicted molar refractivity (Wildman–Crippen MR) is 73.5 cm³/mol. The van der Waals surface area contributed by atoms with Crippen LogP contribution < -0.4 is 5.76 Å². The van der Waals surface area contributed by atoms with E-state index in [-0.39, 0.29) is 11.6 Å². The van der Waals surface area contributed by atoms with Crippen molar-refractivity contribution in [3.63, 3.8) is 0 Å². The van der Waals surface area contributed by atoms with Crippen molar-refractivity contribution in [2.24, 2.45) is 0 Å². The van der Waals surface area contributed by atoms with Gasteiger partial charge in [0.25, 0.3) is 5.89 Å². The number of carboxylic acids is 1. The molecule has 0 unspecified atom stereocenters. The highest BCUT2D eigenvalue weighted by molar-refractivity contribution is 5.66. The highest BCUT2D eigenvalue weighted by Crippen LogP contribution is 2.17. The fourth-order valence-corrected chi connectivity index (χ4v) is 1.88. The molecular weight excluding hydrogens is 290 g/mol. The van der Waals surface area contributed by atoms with Gasteiger partial charge in [-0.1, -0.05) is 18.2 Å². The number of aromatic nitrogens is 5. The summed E-state index contributed by atoms with van der Waals surface area (Å²) in [6, 6.07) is 9.20. The van der Waals surface area contributed by atoms with Gasteiger partial charge in [0.1, 0.15) is 6.54 Å². The summed E-state index contributed by atoms with van der Waals surface area (Å²) in [6.45, 7) is 1.12. The molecule has 0 radical (unpaired) electrons. The first-order chi connectivity index (χ1) is 10.5. The van der Waals surface area contributed by atoms with Crippen molar-refractivity contribution in [2.75, 3.05) is 0 Å². The smallest absolute Gasteiger partial charge is 0.438 e. The summed E-state index contributed by atoms with van der Waals surface area (Å²) in [6.07, 6.45) is 0. The van der Waals surface area contributed by atoms with Crippen LogP contribution in [0.15, 0.2) is 39.5 Å². The Bertz CT molecular complexity index is 877. The first-order valence-electron chi connectivity index (χ1n) is 6.34. The SMILES string of the molecule is Cc1nn(-c2ccccc2)nc1-c1nn(CC(=O)O)c(=O)o1. The van der Waals surface area contributed by atoms with E-state index < -0.39 is 18.3 Å². The summed E-state index contributed by atoms with van der Waals surface area (Å²) < 4.78 is 5.67. The van der Waals surface area contributed by atoms with Crippen molar-refractivity contribution in [3.05, 3.63) is 46.6 Å². The quantitative estimate of drug-likeness (QED) is 0.744. The Labute approximate surface area is 123 Å². The molecule has 0 spiro atoms. The van der Waals surface area contributed by atoms with Crippen molar-refractivity contribution < 1.29 is 14.3 Å². The van der Waals surface area contributed by atoms with Crippen LogP contribution in [0.25, 0.3) is 17.3 Å². The third-order valence-electron chi connectivity index (χ3n) is 2.86. The Hall–Kier alpha value is -3.23. The van der Waals surface area contributed by atoms with Gasteiger partial charge in [0.2, 0.25) is 0 Å². The average molecular weight is 301 g/mol. The molecule has 0 aliphatic carbocycles. The van der Waals surface area contributed by atoms with Crippen LogP contribution in [0.5, 0.6) is 0 Å². The monoisotopic (exact) mass is 301 g/mol. The molecule has 2 heterocycles. The number of hydrogen-bond acceptors (Lipinski definition) is 6. The van der Waals surface area contributed by atoms with Crippen molar-refractivity contribution in [2.45, 2.75) is 13.5 Å². The van der Waals surface area contributed by atoms with E-state index in [4.69, 9.17) is 9.52 Å². The molecule has 9 heteroatoms. The van der Waals surface area contributed by atoms with E-state index in [0.717, 1.165) is 10.4 Å². The van der Waals surface area contributed by atoms with Crippen molar-refractivity contribution >= 4 is 5.97 Å². The van der Waals surface area contributed by atoms with Crippen LogP contribution in [0.4, 0.5) is 0 Å². The molecule has 0 aliphatic heterocycles. The normalized spacial score (nSPS) is 10.8. The summed E-state index contributed by atoms with van der Waals surface area (Å²) in [5, 5.41) is 21.0. The Morgan fingerprint density at radius 1 is 1.23 bits per heavy atom. The second-order valence-electron chi connectivity index (χ2n) is 4.48. The average Bonchev–Trinajstić information content (AvgIpc) is 3.03. The lowest BCUT2D eigenvalue weighted by molar-refractivity contribution is -0.138. The number of aryl methyl sites for hydroxylation is 1. The maximum Gasteiger partial charge on any atom is 0.438 e. The molecular formula is C13H11N5O4. The third kappa shape index (κ3) is 2.51. The number of para-hydroxylation sites is 1. The van der Waals surface area contributed by atoms with Gasteiger partial charge in [0.15, 0.2) is 5.69 Å².